The maximum Gasteiger partial charge on any atom is 0.410 e. The molecule has 0 aromatic rings. The molecule has 0 spiro atoms. The molecule has 1 rings (SSSR count). The van der Waals surface area contributed by atoms with E-state index < -0.39 is 5.60 Å². The molecule has 6 nitrogen and oxygen atoms in total. The molecule has 138 valence electrons. The van der Waals surface area contributed by atoms with Crippen LogP contribution in [0.3, 0.4) is 0 Å². The molecule has 1 aliphatic heterocycles. The lowest BCUT2D eigenvalue weighted by atomic mass is 9.98. The van der Waals surface area contributed by atoms with Gasteiger partial charge in [-0.05, 0) is 46.5 Å². The van der Waals surface area contributed by atoms with Crippen molar-refractivity contribution in [1.29, 1.82) is 0 Å². The molecule has 1 atom stereocenters. The number of guanidine groups is 1. The first-order valence-electron chi connectivity index (χ1n) is 8.29. The first-order chi connectivity index (χ1) is 10.9. The molecule has 2 N–H and O–H groups in total. The SMILES string of the molecule is C#CCNC(=NCC1CCCN(C(=O)OC(C)(C)C)C1)NCC.I. The van der Waals surface area contributed by atoms with E-state index >= 15 is 0 Å². The van der Waals surface area contributed by atoms with Crippen LogP contribution in [0.2, 0.25) is 0 Å². The fourth-order valence-corrected chi connectivity index (χ4v) is 2.40. The van der Waals surface area contributed by atoms with Crippen LogP contribution in [0, 0.1) is 18.3 Å². The molecule has 0 aliphatic carbocycles. The zero-order valence-electron chi connectivity index (χ0n) is 15.2. The Balaban J connectivity index is 0.00000529. The first-order valence-corrected chi connectivity index (χ1v) is 8.29. The molecule has 0 saturated carbocycles. The number of amides is 1. The van der Waals surface area contributed by atoms with Gasteiger partial charge in [-0.3, -0.25) is 4.99 Å². The van der Waals surface area contributed by atoms with Crippen LogP contribution < -0.4 is 10.6 Å². The van der Waals surface area contributed by atoms with Gasteiger partial charge in [0.25, 0.3) is 0 Å². The van der Waals surface area contributed by atoms with Crippen molar-refractivity contribution in [3.05, 3.63) is 0 Å². The van der Waals surface area contributed by atoms with Gasteiger partial charge in [-0.25, -0.2) is 4.79 Å². The summed E-state index contributed by atoms with van der Waals surface area (Å²) in [6, 6.07) is 0. The summed E-state index contributed by atoms with van der Waals surface area (Å²) in [6.07, 6.45) is 7.07. The second kappa shape index (κ2) is 11.4. The smallest absolute Gasteiger partial charge is 0.410 e. The number of ether oxygens (including phenoxy) is 1. The third kappa shape index (κ3) is 9.21. The predicted molar refractivity (Wildman–Crippen MR) is 109 cm³/mol. The average molecular weight is 450 g/mol. The van der Waals surface area contributed by atoms with E-state index in [1.54, 1.807) is 4.90 Å². The molecular formula is C17H31IN4O2. The number of piperidine rings is 1. The minimum absolute atomic E-state index is 0. The highest BCUT2D eigenvalue weighted by molar-refractivity contribution is 14.0. The largest absolute Gasteiger partial charge is 0.444 e. The lowest BCUT2D eigenvalue weighted by Crippen LogP contribution is -2.44. The summed E-state index contributed by atoms with van der Waals surface area (Å²) in [6.45, 7) is 11.0. The second-order valence-electron chi connectivity index (χ2n) is 6.71. The highest BCUT2D eigenvalue weighted by atomic mass is 127. The van der Waals surface area contributed by atoms with Gasteiger partial charge in [0.05, 0.1) is 6.54 Å². The van der Waals surface area contributed by atoms with E-state index in [2.05, 4.69) is 21.5 Å². The van der Waals surface area contributed by atoms with Gasteiger partial charge in [0.15, 0.2) is 5.96 Å². The van der Waals surface area contributed by atoms with E-state index in [1.807, 2.05) is 27.7 Å². The topological polar surface area (TPSA) is 66.0 Å². The van der Waals surface area contributed by atoms with Crippen LogP contribution in [0.25, 0.3) is 0 Å². The minimum atomic E-state index is -0.459. The minimum Gasteiger partial charge on any atom is -0.444 e. The van der Waals surface area contributed by atoms with Crippen LogP contribution in [0.4, 0.5) is 4.79 Å². The second-order valence-corrected chi connectivity index (χ2v) is 6.71. The van der Waals surface area contributed by atoms with E-state index in [4.69, 9.17) is 11.2 Å². The van der Waals surface area contributed by atoms with Crippen LogP contribution in [-0.2, 0) is 4.74 Å². The fourth-order valence-electron chi connectivity index (χ4n) is 2.40. The van der Waals surface area contributed by atoms with Gasteiger partial charge in [-0.15, -0.1) is 30.4 Å². The third-order valence-corrected chi connectivity index (χ3v) is 3.38. The van der Waals surface area contributed by atoms with Crippen LogP contribution in [0.5, 0.6) is 0 Å². The molecule has 1 unspecified atom stereocenters. The fraction of sp³-hybridized carbons (Fsp3) is 0.765. The number of terminal acetylenes is 1. The monoisotopic (exact) mass is 450 g/mol. The van der Waals surface area contributed by atoms with Crippen molar-refractivity contribution in [3.8, 4) is 12.3 Å². The summed E-state index contributed by atoms with van der Waals surface area (Å²) in [7, 11) is 0. The number of likely N-dealkylation sites (tertiary alicyclic amines) is 1. The molecule has 24 heavy (non-hydrogen) atoms. The molecule has 0 aromatic carbocycles. The molecule has 0 radical (unpaired) electrons. The van der Waals surface area contributed by atoms with Gasteiger partial charge in [0.1, 0.15) is 5.60 Å². The summed E-state index contributed by atoms with van der Waals surface area (Å²) < 4.78 is 5.45. The summed E-state index contributed by atoms with van der Waals surface area (Å²) >= 11 is 0. The summed E-state index contributed by atoms with van der Waals surface area (Å²) in [4.78, 5) is 18.5. The quantitative estimate of drug-likeness (QED) is 0.299. The Labute approximate surface area is 163 Å². The van der Waals surface area contributed by atoms with E-state index in [-0.39, 0.29) is 30.1 Å². The number of nitrogens with zero attached hydrogens (tertiary/aromatic N) is 2. The number of nitrogens with one attached hydrogen (secondary N) is 2. The van der Waals surface area contributed by atoms with Gasteiger partial charge in [0.2, 0.25) is 0 Å². The summed E-state index contributed by atoms with van der Waals surface area (Å²) in [5.74, 6) is 3.60. The maximum atomic E-state index is 12.2. The average Bonchev–Trinajstić information content (AvgIpc) is 2.48. The van der Waals surface area contributed by atoms with Crippen LogP contribution in [-0.4, -0.2) is 55.3 Å². The van der Waals surface area contributed by atoms with Gasteiger partial charge in [-0.2, -0.15) is 0 Å². The summed E-state index contributed by atoms with van der Waals surface area (Å²) in [5, 5.41) is 6.23. The Bertz CT molecular complexity index is 454. The van der Waals surface area contributed by atoms with Crippen LogP contribution in [0.15, 0.2) is 4.99 Å². The zero-order valence-corrected chi connectivity index (χ0v) is 17.6. The molecule has 7 heteroatoms. The molecule has 0 aromatic heterocycles. The zero-order chi connectivity index (χ0) is 17.3. The van der Waals surface area contributed by atoms with Gasteiger partial charge < -0.3 is 20.3 Å². The predicted octanol–water partition coefficient (Wildman–Crippen LogP) is 2.44. The Kier molecular flexibility index (Phi) is 10.8. The summed E-state index contributed by atoms with van der Waals surface area (Å²) in [5.41, 5.74) is -0.459. The Hall–Kier alpha value is -1.17. The molecule has 1 amide bonds. The van der Waals surface area contributed by atoms with E-state index in [0.717, 1.165) is 31.9 Å². The van der Waals surface area contributed by atoms with Gasteiger partial charge in [0, 0.05) is 26.2 Å². The number of carbonyl (C=O) groups is 1. The van der Waals surface area contributed by atoms with Crippen LogP contribution >= 0.6 is 24.0 Å². The first kappa shape index (κ1) is 22.8. The lowest BCUT2D eigenvalue weighted by Gasteiger charge is -2.33. The number of rotatable bonds is 4. The van der Waals surface area contributed by atoms with Crippen molar-refractivity contribution in [2.45, 2.75) is 46.1 Å². The van der Waals surface area contributed by atoms with E-state index in [1.165, 1.54) is 0 Å². The Morgan fingerprint density at radius 2 is 2.12 bits per heavy atom. The van der Waals surface area contributed by atoms with Crippen molar-refractivity contribution < 1.29 is 9.53 Å². The van der Waals surface area contributed by atoms with Crippen molar-refractivity contribution in [2.75, 3.05) is 32.7 Å². The number of carbonyl (C=O) groups excluding carboxylic acids is 1. The molecule has 1 fully saturated rings. The van der Waals surface area contributed by atoms with Crippen molar-refractivity contribution in [2.24, 2.45) is 10.9 Å². The van der Waals surface area contributed by atoms with Crippen molar-refractivity contribution in [3.63, 3.8) is 0 Å². The molecule has 1 heterocycles. The normalized spacial score (nSPS) is 18.2. The standard InChI is InChI=1S/C17H30N4O2.HI/c1-6-10-19-15(18-7-2)20-12-14-9-8-11-21(13-14)16(22)23-17(3,4)5;/h1,14H,7-13H2,2-5H3,(H2,18,19,20);1H. The lowest BCUT2D eigenvalue weighted by molar-refractivity contribution is 0.0170. The number of halogens is 1. The highest BCUT2D eigenvalue weighted by Crippen LogP contribution is 2.19. The van der Waals surface area contributed by atoms with Crippen molar-refractivity contribution >= 4 is 36.0 Å². The molecule has 1 aliphatic rings. The molecular weight excluding hydrogens is 419 g/mol. The number of aliphatic imine (C=N–C) groups is 1. The van der Waals surface area contributed by atoms with Crippen molar-refractivity contribution in [1.82, 2.24) is 15.5 Å². The molecule has 0 bridgehead atoms. The maximum absolute atomic E-state index is 12.2. The van der Waals surface area contributed by atoms with E-state index in [9.17, 15) is 4.79 Å². The Morgan fingerprint density at radius 3 is 2.71 bits per heavy atom. The van der Waals surface area contributed by atoms with Gasteiger partial charge >= 0.3 is 6.09 Å². The number of hydrogen-bond acceptors (Lipinski definition) is 3. The van der Waals surface area contributed by atoms with E-state index in [0.29, 0.717) is 25.6 Å². The third-order valence-electron chi connectivity index (χ3n) is 3.38. The molecule has 1 saturated heterocycles. The highest BCUT2D eigenvalue weighted by Gasteiger charge is 2.27. The number of hydrogen-bond donors (Lipinski definition) is 2. The van der Waals surface area contributed by atoms with Gasteiger partial charge in [-0.1, -0.05) is 5.92 Å². The Morgan fingerprint density at radius 1 is 1.42 bits per heavy atom. The van der Waals surface area contributed by atoms with Crippen LogP contribution in [0.1, 0.15) is 40.5 Å².